The Morgan fingerprint density at radius 1 is 1.20 bits per heavy atom. The lowest BCUT2D eigenvalue weighted by atomic mass is 10.0. The van der Waals surface area contributed by atoms with Crippen molar-refractivity contribution in [2.24, 2.45) is 0 Å². The van der Waals surface area contributed by atoms with Gasteiger partial charge in [0, 0.05) is 0 Å². The Kier molecular flexibility index (Phi) is 5.18. The third-order valence-corrected chi connectivity index (χ3v) is 4.38. The van der Waals surface area contributed by atoms with E-state index in [0.717, 1.165) is 13.1 Å². The van der Waals surface area contributed by atoms with Crippen LogP contribution in [0.3, 0.4) is 0 Å². The summed E-state index contributed by atoms with van der Waals surface area (Å²) in [7, 11) is 0. The van der Waals surface area contributed by atoms with Gasteiger partial charge in [-0.1, -0.05) is 18.2 Å². The molecule has 0 aromatic heterocycles. The molecule has 0 aliphatic carbocycles. The van der Waals surface area contributed by atoms with Crippen LogP contribution in [-0.2, 0) is 4.79 Å². The van der Waals surface area contributed by atoms with E-state index in [0.29, 0.717) is 6.54 Å². The number of amides is 1. The molecular formula is C17H27N2O+. The molecule has 1 aromatic carbocycles. The average molecular weight is 275 g/mol. The second-order valence-corrected chi connectivity index (χ2v) is 6.12. The minimum atomic E-state index is 0.0889. The van der Waals surface area contributed by atoms with Crippen LogP contribution >= 0.6 is 0 Å². The van der Waals surface area contributed by atoms with Crippen molar-refractivity contribution in [3.63, 3.8) is 0 Å². The Balaban J connectivity index is 1.87. The van der Waals surface area contributed by atoms with E-state index in [1.807, 2.05) is 0 Å². The molecule has 20 heavy (non-hydrogen) atoms. The highest BCUT2D eigenvalue weighted by Crippen LogP contribution is 2.16. The predicted molar refractivity (Wildman–Crippen MR) is 81.9 cm³/mol. The van der Waals surface area contributed by atoms with E-state index in [4.69, 9.17) is 0 Å². The predicted octanol–water partition coefficient (Wildman–Crippen LogP) is 1.55. The van der Waals surface area contributed by atoms with Gasteiger partial charge >= 0.3 is 0 Å². The summed E-state index contributed by atoms with van der Waals surface area (Å²) in [4.78, 5) is 13.5. The first-order chi connectivity index (χ1) is 9.56. The Morgan fingerprint density at radius 3 is 2.55 bits per heavy atom. The van der Waals surface area contributed by atoms with Gasteiger partial charge in [-0.2, -0.15) is 0 Å². The smallest absolute Gasteiger partial charge is 0.275 e. The monoisotopic (exact) mass is 275 g/mol. The number of hydrogen-bond donors (Lipinski definition) is 2. The summed E-state index contributed by atoms with van der Waals surface area (Å²) < 4.78 is 0. The number of piperidine rings is 1. The van der Waals surface area contributed by atoms with Crippen LogP contribution in [0.5, 0.6) is 0 Å². The van der Waals surface area contributed by atoms with E-state index in [1.54, 1.807) is 0 Å². The van der Waals surface area contributed by atoms with Gasteiger partial charge in [0.2, 0.25) is 0 Å². The minimum absolute atomic E-state index is 0.0889. The van der Waals surface area contributed by atoms with Crippen LogP contribution < -0.4 is 10.2 Å². The normalized spacial score (nSPS) is 17.8. The molecule has 0 saturated carbocycles. The molecule has 1 aliphatic heterocycles. The third-order valence-electron chi connectivity index (χ3n) is 4.38. The molecule has 3 heteroatoms. The Bertz CT molecular complexity index is 464. The second-order valence-electron chi connectivity index (χ2n) is 6.12. The van der Waals surface area contributed by atoms with Crippen molar-refractivity contribution in [3.8, 4) is 0 Å². The highest BCUT2D eigenvalue weighted by molar-refractivity contribution is 5.77. The SMILES string of the molecule is Cc1ccc([C@@H](C)NC(=O)C[NH+]2CCCCC2)cc1C. The summed E-state index contributed by atoms with van der Waals surface area (Å²) in [5.74, 6) is 0.174. The maximum absolute atomic E-state index is 12.1. The first-order valence-corrected chi connectivity index (χ1v) is 7.76. The molecule has 2 N–H and O–H groups in total. The van der Waals surface area contributed by atoms with Crippen LogP contribution in [0.1, 0.15) is 48.9 Å². The topological polar surface area (TPSA) is 33.5 Å². The molecule has 2 rings (SSSR count). The third kappa shape index (κ3) is 4.07. The Labute approximate surface area is 122 Å². The van der Waals surface area contributed by atoms with Gasteiger partial charge in [0.25, 0.3) is 5.91 Å². The fraction of sp³-hybridized carbons (Fsp3) is 0.588. The summed E-state index contributed by atoms with van der Waals surface area (Å²) in [6.07, 6.45) is 3.84. The number of quaternary nitrogens is 1. The highest BCUT2D eigenvalue weighted by Gasteiger charge is 2.18. The van der Waals surface area contributed by atoms with Crippen molar-refractivity contribution in [1.82, 2.24) is 5.32 Å². The van der Waals surface area contributed by atoms with Gasteiger partial charge in [0.15, 0.2) is 6.54 Å². The van der Waals surface area contributed by atoms with Gasteiger partial charge < -0.3 is 10.2 Å². The molecule has 0 unspecified atom stereocenters. The zero-order chi connectivity index (χ0) is 14.5. The molecule has 0 spiro atoms. The first kappa shape index (κ1) is 15.0. The first-order valence-electron chi connectivity index (χ1n) is 7.76. The van der Waals surface area contributed by atoms with Gasteiger partial charge in [-0.3, -0.25) is 4.79 Å². The van der Waals surface area contributed by atoms with E-state index in [1.165, 1.54) is 40.9 Å². The van der Waals surface area contributed by atoms with Crippen molar-refractivity contribution in [2.75, 3.05) is 19.6 Å². The number of rotatable bonds is 4. The number of nitrogens with one attached hydrogen (secondary N) is 2. The summed E-state index contributed by atoms with van der Waals surface area (Å²) in [6, 6.07) is 6.50. The lowest BCUT2D eigenvalue weighted by molar-refractivity contribution is -0.896. The van der Waals surface area contributed by atoms with Crippen LogP contribution in [-0.4, -0.2) is 25.5 Å². The van der Waals surface area contributed by atoms with Gasteiger partial charge in [-0.15, -0.1) is 0 Å². The van der Waals surface area contributed by atoms with Gasteiger partial charge in [0.05, 0.1) is 19.1 Å². The van der Waals surface area contributed by atoms with Crippen molar-refractivity contribution in [3.05, 3.63) is 34.9 Å². The maximum Gasteiger partial charge on any atom is 0.275 e. The number of benzene rings is 1. The number of carbonyl (C=O) groups excluding carboxylic acids is 1. The molecule has 0 radical (unpaired) electrons. The number of likely N-dealkylation sites (tertiary alicyclic amines) is 1. The summed E-state index contributed by atoms with van der Waals surface area (Å²) in [5, 5.41) is 3.13. The highest BCUT2D eigenvalue weighted by atomic mass is 16.2. The van der Waals surface area contributed by atoms with Gasteiger partial charge in [-0.05, 0) is 56.7 Å². The van der Waals surface area contributed by atoms with Gasteiger partial charge in [0.1, 0.15) is 0 Å². The molecule has 0 bridgehead atoms. The van der Waals surface area contributed by atoms with Crippen LogP contribution in [0, 0.1) is 13.8 Å². The molecular weight excluding hydrogens is 248 g/mol. The van der Waals surface area contributed by atoms with Crippen LogP contribution in [0.4, 0.5) is 0 Å². The quantitative estimate of drug-likeness (QED) is 0.859. The summed E-state index contributed by atoms with van der Waals surface area (Å²) in [5.41, 5.74) is 3.77. The molecule has 3 nitrogen and oxygen atoms in total. The second kappa shape index (κ2) is 6.89. The van der Waals surface area contributed by atoms with Crippen molar-refractivity contribution < 1.29 is 9.69 Å². The van der Waals surface area contributed by atoms with E-state index in [9.17, 15) is 4.79 Å². The number of carbonyl (C=O) groups is 1. The van der Waals surface area contributed by atoms with Crippen LogP contribution in [0.25, 0.3) is 0 Å². The molecule has 1 heterocycles. The Hall–Kier alpha value is -1.35. The van der Waals surface area contributed by atoms with Crippen LogP contribution in [0.15, 0.2) is 18.2 Å². The number of hydrogen-bond acceptors (Lipinski definition) is 1. The summed E-state index contributed by atoms with van der Waals surface area (Å²) >= 11 is 0. The standard InChI is InChI=1S/C17H26N2O/c1-13-7-8-16(11-14(13)2)15(3)18-17(20)12-19-9-5-4-6-10-19/h7-8,11,15H,4-6,9-10,12H2,1-3H3,(H,18,20)/p+1/t15-/m1/s1. The van der Waals surface area contributed by atoms with Crippen LogP contribution in [0.2, 0.25) is 0 Å². The lowest BCUT2D eigenvalue weighted by Gasteiger charge is -2.24. The summed E-state index contributed by atoms with van der Waals surface area (Å²) in [6.45, 7) is 9.20. The zero-order valence-corrected chi connectivity index (χ0v) is 13.0. The fourth-order valence-electron chi connectivity index (χ4n) is 2.87. The van der Waals surface area contributed by atoms with Gasteiger partial charge in [-0.25, -0.2) is 0 Å². The number of aryl methyl sites for hydroxylation is 2. The molecule has 1 amide bonds. The maximum atomic E-state index is 12.1. The van der Waals surface area contributed by atoms with Crippen molar-refractivity contribution >= 4 is 5.91 Å². The largest absolute Gasteiger partial charge is 0.345 e. The lowest BCUT2D eigenvalue weighted by Crippen LogP contribution is -3.13. The average Bonchev–Trinajstić information content (AvgIpc) is 2.42. The molecule has 1 aromatic rings. The van der Waals surface area contributed by atoms with E-state index in [2.05, 4.69) is 44.3 Å². The minimum Gasteiger partial charge on any atom is -0.345 e. The van der Waals surface area contributed by atoms with Crippen molar-refractivity contribution in [1.29, 1.82) is 0 Å². The fourth-order valence-corrected chi connectivity index (χ4v) is 2.87. The molecule has 1 fully saturated rings. The molecule has 1 aliphatic rings. The Morgan fingerprint density at radius 2 is 1.90 bits per heavy atom. The van der Waals surface area contributed by atoms with E-state index >= 15 is 0 Å². The van der Waals surface area contributed by atoms with E-state index < -0.39 is 0 Å². The molecule has 1 atom stereocenters. The van der Waals surface area contributed by atoms with Crippen molar-refractivity contribution in [2.45, 2.75) is 46.1 Å². The van der Waals surface area contributed by atoms with E-state index in [-0.39, 0.29) is 11.9 Å². The zero-order valence-electron chi connectivity index (χ0n) is 13.0. The molecule has 110 valence electrons. The molecule has 1 saturated heterocycles.